The molecule has 0 aliphatic heterocycles. The molecule has 0 saturated carbocycles. The van der Waals surface area contributed by atoms with Crippen molar-refractivity contribution in [2.45, 2.75) is 19.8 Å². The van der Waals surface area contributed by atoms with Crippen LogP contribution in [0.25, 0.3) is 0 Å². The summed E-state index contributed by atoms with van der Waals surface area (Å²) in [5.41, 5.74) is 0.891. The zero-order chi connectivity index (χ0) is 21.2. The van der Waals surface area contributed by atoms with E-state index >= 15 is 0 Å². The third-order valence-corrected chi connectivity index (χ3v) is 3.73. The highest BCUT2D eigenvalue weighted by Crippen LogP contribution is 2.15. The standard InChI is InChI=1S/C21H21NO7/c1-14(23)29-18-7-3-15(4-8-18)19(24)13-28-21(26)12-11-20(25)22-16-5-9-17(27-2)10-6-16/h3-10H,11-13H2,1-2H3,(H,22,25). The van der Waals surface area contributed by atoms with E-state index in [1.54, 1.807) is 31.4 Å². The van der Waals surface area contributed by atoms with Gasteiger partial charge in [-0.3, -0.25) is 19.2 Å². The normalized spacial score (nSPS) is 10.0. The Bertz CT molecular complexity index is 873. The molecule has 0 unspecified atom stereocenters. The fourth-order valence-electron chi connectivity index (χ4n) is 2.29. The Morgan fingerprint density at radius 1 is 0.862 bits per heavy atom. The second-order valence-electron chi connectivity index (χ2n) is 5.98. The molecule has 0 saturated heterocycles. The minimum atomic E-state index is -0.653. The number of ketones is 1. The topological polar surface area (TPSA) is 108 Å². The van der Waals surface area contributed by atoms with Crippen molar-refractivity contribution in [1.29, 1.82) is 0 Å². The summed E-state index contributed by atoms with van der Waals surface area (Å²) < 4.78 is 14.8. The molecule has 0 aromatic heterocycles. The first-order chi connectivity index (χ1) is 13.9. The Morgan fingerprint density at radius 3 is 2.07 bits per heavy atom. The molecule has 0 bridgehead atoms. The van der Waals surface area contributed by atoms with Crippen LogP contribution >= 0.6 is 0 Å². The Balaban J connectivity index is 1.72. The molecule has 1 amide bonds. The van der Waals surface area contributed by atoms with E-state index < -0.39 is 24.3 Å². The fraction of sp³-hybridized carbons (Fsp3) is 0.238. The molecule has 8 nitrogen and oxygen atoms in total. The number of amides is 1. The maximum atomic E-state index is 12.0. The van der Waals surface area contributed by atoms with Crippen molar-refractivity contribution in [2.75, 3.05) is 19.0 Å². The smallest absolute Gasteiger partial charge is 0.308 e. The number of rotatable bonds is 9. The molecular weight excluding hydrogens is 378 g/mol. The van der Waals surface area contributed by atoms with E-state index in [4.69, 9.17) is 14.2 Å². The molecule has 152 valence electrons. The van der Waals surface area contributed by atoms with E-state index in [1.807, 2.05) is 0 Å². The Morgan fingerprint density at radius 2 is 1.48 bits per heavy atom. The van der Waals surface area contributed by atoms with Gasteiger partial charge in [0, 0.05) is 24.6 Å². The molecule has 0 fully saturated rings. The van der Waals surface area contributed by atoms with Crippen LogP contribution in [0.2, 0.25) is 0 Å². The predicted octanol–water partition coefficient (Wildman–Crippen LogP) is 2.77. The molecular formula is C21H21NO7. The van der Waals surface area contributed by atoms with Gasteiger partial charge in [0.15, 0.2) is 12.4 Å². The number of esters is 2. The van der Waals surface area contributed by atoms with Gasteiger partial charge in [0.25, 0.3) is 0 Å². The molecule has 2 aromatic carbocycles. The predicted molar refractivity (Wildman–Crippen MR) is 104 cm³/mol. The Hall–Kier alpha value is -3.68. The largest absolute Gasteiger partial charge is 0.497 e. The zero-order valence-corrected chi connectivity index (χ0v) is 16.1. The number of hydrogen-bond acceptors (Lipinski definition) is 7. The van der Waals surface area contributed by atoms with E-state index in [0.29, 0.717) is 22.7 Å². The average Bonchev–Trinajstić information content (AvgIpc) is 2.71. The molecule has 0 radical (unpaired) electrons. The summed E-state index contributed by atoms with van der Waals surface area (Å²) in [5, 5.41) is 2.65. The van der Waals surface area contributed by atoms with Gasteiger partial charge in [-0.05, 0) is 48.5 Å². The molecule has 29 heavy (non-hydrogen) atoms. The second-order valence-corrected chi connectivity index (χ2v) is 5.98. The van der Waals surface area contributed by atoms with Crippen LogP contribution in [-0.2, 0) is 19.1 Å². The second kappa shape index (κ2) is 10.6. The number of nitrogens with one attached hydrogen (secondary N) is 1. The summed E-state index contributed by atoms with van der Waals surface area (Å²) in [5.74, 6) is -0.894. The van der Waals surface area contributed by atoms with Gasteiger partial charge in [-0.2, -0.15) is 0 Å². The highest BCUT2D eigenvalue weighted by atomic mass is 16.5. The van der Waals surface area contributed by atoms with Gasteiger partial charge < -0.3 is 19.5 Å². The maximum Gasteiger partial charge on any atom is 0.308 e. The third kappa shape index (κ3) is 7.45. The van der Waals surface area contributed by atoms with Crippen LogP contribution in [0.4, 0.5) is 5.69 Å². The Kier molecular flexibility index (Phi) is 7.90. The summed E-state index contributed by atoms with van der Waals surface area (Å²) in [6, 6.07) is 12.6. The Labute approximate surface area is 167 Å². The van der Waals surface area contributed by atoms with Crippen LogP contribution < -0.4 is 14.8 Å². The molecule has 0 atom stereocenters. The van der Waals surface area contributed by atoms with Gasteiger partial charge in [-0.1, -0.05) is 0 Å². The quantitative estimate of drug-likeness (QED) is 0.392. The van der Waals surface area contributed by atoms with E-state index in [-0.39, 0.29) is 18.7 Å². The molecule has 1 N–H and O–H groups in total. The highest BCUT2D eigenvalue weighted by molar-refractivity contribution is 5.98. The molecule has 0 spiro atoms. The molecule has 0 heterocycles. The number of Topliss-reactive ketones (excluding diaryl/α,β-unsaturated/α-hetero) is 1. The summed E-state index contributed by atoms with van der Waals surface area (Å²) in [6.07, 6.45) is -0.225. The lowest BCUT2D eigenvalue weighted by Gasteiger charge is -2.07. The molecule has 8 heteroatoms. The maximum absolute atomic E-state index is 12.0. The van der Waals surface area contributed by atoms with Crippen molar-refractivity contribution in [1.82, 2.24) is 0 Å². The number of anilines is 1. The van der Waals surface area contributed by atoms with Gasteiger partial charge in [0.1, 0.15) is 11.5 Å². The number of carbonyl (C=O) groups excluding carboxylic acids is 4. The fourth-order valence-corrected chi connectivity index (χ4v) is 2.29. The van der Waals surface area contributed by atoms with Gasteiger partial charge >= 0.3 is 11.9 Å². The molecule has 0 aliphatic rings. The molecule has 0 aliphatic carbocycles. The molecule has 2 aromatic rings. The van der Waals surface area contributed by atoms with Crippen LogP contribution in [-0.4, -0.2) is 37.3 Å². The van der Waals surface area contributed by atoms with Gasteiger partial charge in [0.05, 0.1) is 13.5 Å². The van der Waals surface area contributed by atoms with Gasteiger partial charge in [0.2, 0.25) is 5.91 Å². The monoisotopic (exact) mass is 399 g/mol. The number of ether oxygens (including phenoxy) is 3. The summed E-state index contributed by atoms with van der Waals surface area (Å²) >= 11 is 0. The van der Waals surface area contributed by atoms with Crippen LogP contribution in [0, 0.1) is 0 Å². The lowest BCUT2D eigenvalue weighted by atomic mass is 10.1. The SMILES string of the molecule is COc1ccc(NC(=O)CCC(=O)OCC(=O)c2ccc(OC(C)=O)cc2)cc1. The van der Waals surface area contributed by atoms with Crippen molar-refractivity contribution in [3.63, 3.8) is 0 Å². The minimum absolute atomic E-state index is 0.0733. The van der Waals surface area contributed by atoms with Gasteiger partial charge in [-0.25, -0.2) is 0 Å². The highest BCUT2D eigenvalue weighted by Gasteiger charge is 2.12. The first-order valence-corrected chi connectivity index (χ1v) is 8.78. The van der Waals surface area contributed by atoms with E-state index in [1.165, 1.54) is 31.2 Å². The summed E-state index contributed by atoms with van der Waals surface area (Å²) in [6.45, 7) is 0.835. The van der Waals surface area contributed by atoms with Crippen molar-refractivity contribution in [3.8, 4) is 11.5 Å². The summed E-state index contributed by atoms with van der Waals surface area (Å²) in [7, 11) is 1.54. The number of carbonyl (C=O) groups is 4. The third-order valence-electron chi connectivity index (χ3n) is 3.73. The summed E-state index contributed by atoms with van der Waals surface area (Å²) in [4.78, 5) is 46.6. The lowest BCUT2D eigenvalue weighted by molar-refractivity contribution is -0.143. The average molecular weight is 399 g/mol. The van der Waals surface area contributed by atoms with Crippen molar-refractivity contribution >= 4 is 29.3 Å². The van der Waals surface area contributed by atoms with Crippen LogP contribution in [0.5, 0.6) is 11.5 Å². The minimum Gasteiger partial charge on any atom is -0.497 e. The lowest BCUT2D eigenvalue weighted by Crippen LogP contribution is -2.17. The number of benzene rings is 2. The van der Waals surface area contributed by atoms with Crippen molar-refractivity contribution < 1.29 is 33.4 Å². The van der Waals surface area contributed by atoms with Crippen LogP contribution in [0.1, 0.15) is 30.1 Å². The van der Waals surface area contributed by atoms with E-state index in [2.05, 4.69) is 5.32 Å². The van der Waals surface area contributed by atoms with E-state index in [0.717, 1.165) is 0 Å². The van der Waals surface area contributed by atoms with Crippen LogP contribution in [0.3, 0.4) is 0 Å². The first kappa shape index (κ1) is 21.6. The first-order valence-electron chi connectivity index (χ1n) is 8.78. The zero-order valence-electron chi connectivity index (χ0n) is 16.1. The molecule has 2 rings (SSSR count). The van der Waals surface area contributed by atoms with E-state index in [9.17, 15) is 19.2 Å². The van der Waals surface area contributed by atoms with Gasteiger partial charge in [-0.15, -0.1) is 0 Å². The number of hydrogen-bond donors (Lipinski definition) is 1. The van der Waals surface area contributed by atoms with Crippen LogP contribution in [0.15, 0.2) is 48.5 Å². The van der Waals surface area contributed by atoms with Crippen molar-refractivity contribution in [3.05, 3.63) is 54.1 Å². The van der Waals surface area contributed by atoms with Crippen molar-refractivity contribution in [2.24, 2.45) is 0 Å². The number of methoxy groups -OCH3 is 1.